The van der Waals surface area contributed by atoms with E-state index in [0.29, 0.717) is 0 Å². The second kappa shape index (κ2) is 5.36. The molecule has 5 heteroatoms. The van der Waals surface area contributed by atoms with E-state index in [1.54, 1.807) is 18.2 Å². The van der Waals surface area contributed by atoms with Crippen molar-refractivity contribution < 1.29 is 0 Å². The number of allylic oxidation sites excluding steroid dienone is 2. The van der Waals surface area contributed by atoms with Crippen LogP contribution in [0.1, 0.15) is 4.88 Å². The Balaban J connectivity index is 3.22. The summed E-state index contributed by atoms with van der Waals surface area (Å²) in [6.07, 6.45) is 1.55. The molecule has 1 aromatic heterocycles. The number of nitrogens with two attached hydrogens (primary N) is 1. The summed E-state index contributed by atoms with van der Waals surface area (Å²) in [5, 5.41) is 28.0. The Bertz CT molecular complexity index is 543. The van der Waals surface area contributed by atoms with E-state index >= 15 is 0 Å². The van der Waals surface area contributed by atoms with Gasteiger partial charge in [-0.1, -0.05) is 6.07 Å². The van der Waals surface area contributed by atoms with Gasteiger partial charge in [-0.25, -0.2) is 0 Å². The molecule has 1 rings (SSSR count). The topological polar surface area (TPSA) is 97.4 Å². The van der Waals surface area contributed by atoms with Gasteiger partial charge >= 0.3 is 0 Å². The maximum absolute atomic E-state index is 8.89. The first-order valence-corrected chi connectivity index (χ1v) is 5.06. The molecule has 4 nitrogen and oxygen atoms in total. The number of nitriles is 3. The van der Waals surface area contributed by atoms with Gasteiger partial charge in [0.1, 0.15) is 18.2 Å². The molecule has 0 radical (unpaired) electrons. The molecule has 0 unspecified atom stereocenters. The second-order valence-electron chi connectivity index (χ2n) is 2.70. The van der Waals surface area contributed by atoms with Crippen LogP contribution >= 0.6 is 11.3 Å². The maximum Gasteiger partial charge on any atom is 0.153 e. The van der Waals surface area contributed by atoms with Crippen molar-refractivity contribution >= 4 is 17.4 Å². The van der Waals surface area contributed by atoms with E-state index in [4.69, 9.17) is 21.5 Å². The third-order valence-electron chi connectivity index (χ3n) is 1.73. The summed E-state index contributed by atoms with van der Waals surface area (Å²) >= 11 is 1.44. The SMILES string of the molecule is N#CC(C#N)=C(N)/C(C#N)=C/c1cccs1. The largest absolute Gasteiger partial charge is 0.396 e. The van der Waals surface area contributed by atoms with Crippen molar-refractivity contribution in [1.29, 1.82) is 15.8 Å². The molecule has 0 aliphatic carbocycles. The van der Waals surface area contributed by atoms with Crippen LogP contribution < -0.4 is 5.73 Å². The fourth-order valence-electron chi connectivity index (χ4n) is 0.966. The van der Waals surface area contributed by atoms with E-state index in [9.17, 15) is 0 Å². The zero-order valence-electron chi connectivity index (χ0n) is 8.14. The highest BCUT2D eigenvalue weighted by Gasteiger charge is 2.07. The van der Waals surface area contributed by atoms with Crippen LogP contribution in [0.3, 0.4) is 0 Å². The minimum Gasteiger partial charge on any atom is -0.396 e. The first-order chi connectivity index (χ1) is 7.72. The van der Waals surface area contributed by atoms with Crippen LogP contribution in [0.15, 0.2) is 34.4 Å². The molecule has 0 bridgehead atoms. The normalized spacial score (nSPS) is 9.69. The van der Waals surface area contributed by atoms with E-state index in [1.807, 2.05) is 23.6 Å². The van der Waals surface area contributed by atoms with Crippen LogP contribution in [0.2, 0.25) is 0 Å². The summed E-state index contributed by atoms with van der Waals surface area (Å²) in [5.41, 5.74) is 5.36. The van der Waals surface area contributed by atoms with Crippen LogP contribution in [0.25, 0.3) is 6.08 Å². The highest BCUT2D eigenvalue weighted by atomic mass is 32.1. The fraction of sp³-hybridized carbons (Fsp3) is 0. The molecular weight excluding hydrogens is 220 g/mol. The number of thiophene rings is 1. The second-order valence-corrected chi connectivity index (χ2v) is 3.68. The van der Waals surface area contributed by atoms with Gasteiger partial charge in [0.15, 0.2) is 5.57 Å². The number of hydrogen-bond donors (Lipinski definition) is 1. The molecule has 1 aromatic rings. The van der Waals surface area contributed by atoms with Crippen molar-refractivity contribution in [2.45, 2.75) is 0 Å². The van der Waals surface area contributed by atoms with Crippen LogP contribution in [0.5, 0.6) is 0 Å². The summed E-state index contributed by atoms with van der Waals surface area (Å²) in [4.78, 5) is 0.842. The third-order valence-corrected chi connectivity index (χ3v) is 2.55. The van der Waals surface area contributed by atoms with E-state index in [1.165, 1.54) is 11.3 Å². The highest BCUT2D eigenvalue weighted by molar-refractivity contribution is 7.10. The molecule has 0 fully saturated rings. The average Bonchev–Trinajstić information content (AvgIpc) is 2.80. The summed E-state index contributed by atoms with van der Waals surface area (Å²) in [7, 11) is 0. The molecule has 0 aliphatic rings. The summed E-state index contributed by atoms with van der Waals surface area (Å²) in [6, 6.07) is 8.82. The lowest BCUT2D eigenvalue weighted by Gasteiger charge is -1.97. The Morgan fingerprint density at radius 1 is 1.25 bits per heavy atom. The lowest BCUT2D eigenvalue weighted by molar-refractivity contribution is 1.31. The van der Waals surface area contributed by atoms with E-state index in [0.717, 1.165) is 4.88 Å². The van der Waals surface area contributed by atoms with Crippen molar-refractivity contribution in [2.24, 2.45) is 5.73 Å². The predicted octanol–water partition coefficient (Wildman–Crippen LogP) is 1.92. The van der Waals surface area contributed by atoms with Crippen molar-refractivity contribution in [3.05, 3.63) is 39.2 Å². The molecule has 0 amide bonds. The minimum atomic E-state index is -0.246. The zero-order valence-corrected chi connectivity index (χ0v) is 8.95. The molecule has 1 heterocycles. The molecule has 0 saturated carbocycles. The van der Waals surface area contributed by atoms with Gasteiger partial charge in [-0.3, -0.25) is 0 Å². The van der Waals surface area contributed by atoms with E-state index < -0.39 is 0 Å². The van der Waals surface area contributed by atoms with Crippen LogP contribution in [0, 0.1) is 34.0 Å². The van der Waals surface area contributed by atoms with Crippen LogP contribution in [0.4, 0.5) is 0 Å². The first kappa shape index (κ1) is 11.5. The maximum atomic E-state index is 8.89. The van der Waals surface area contributed by atoms with Gasteiger partial charge in [-0.15, -0.1) is 11.3 Å². The van der Waals surface area contributed by atoms with Gasteiger partial charge in [0.05, 0.1) is 11.3 Å². The Kier molecular flexibility index (Phi) is 3.86. The van der Waals surface area contributed by atoms with Crippen molar-refractivity contribution in [3.8, 4) is 18.2 Å². The van der Waals surface area contributed by atoms with E-state index in [2.05, 4.69) is 0 Å². The average molecular weight is 226 g/mol. The number of rotatable bonds is 2. The lowest BCUT2D eigenvalue weighted by Crippen LogP contribution is -2.03. The number of hydrogen-bond acceptors (Lipinski definition) is 5. The lowest BCUT2D eigenvalue weighted by atomic mass is 10.1. The van der Waals surface area contributed by atoms with Gasteiger partial charge in [0.25, 0.3) is 0 Å². The van der Waals surface area contributed by atoms with E-state index in [-0.39, 0.29) is 16.8 Å². The zero-order chi connectivity index (χ0) is 12.0. The van der Waals surface area contributed by atoms with Gasteiger partial charge in [-0.05, 0) is 17.5 Å². The Morgan fingerprint density at radius 3 is 2.38 bits per heavy atom. The van der Waals surface area contributed by atoms with Crippen LogP contribution in [-0.4, -0.2) is 0 Å². The van der Waals surface area contributed by atoms with Crippen molar-refractivity contribution in [1.82, 2.24) is 0 Å². The molecule has 2 N–H and O–H groups in total. The smallest absolute Gasteiger partial charge is 0.153 e. The monoisotopic (exact) mass is 226 g/mol. The first-order valence-electron chi connectivity index (χ1n) is 4.18. The summed E-state index contributed by atoms with van der Waals surface area (Å²) in [5.74, 6) is 0. The predicted molar refractivity (Wildman–Crippen MR) is 60.3 cm³/mol. The molecule has 0 aliphatic heterocycles. The van der Waals surface area contributed by atoms with Crippen molar-refractivity contribution in [2.75, 3.05) is 0 Å². The van der Waals surface area contributed by atoms with Crippen LogP contribution in [-0.2, 0) is 0 Å². The Labute approximate surface area is 96.8 Å². The Hall–Kier alpha value is -2.55. The molecule has 0 spiro atoms. The van der Waals surface area contributed by atoms with Gasteiger partial charge in [-0.2, -0.15) is 15.8 Å². The summed E-state index contributed by atoms with van der Waals surface area (Å²) in [6.45, 7) is 0. The molecule has 0 aromatic carbocycles. The Morgan fingerprint density at radius 2 is 1.94 bits per heavy atom. The highest BCUT2D eigenvalue weighted by Crippen LogP contribution is 2.17. The minimum absolute atomic E-state index is 0.0825. The van der Waals surface area contributed by atoms with Gasteiger partial charge in [0.2, 0.25) is 0 Å². The molecule has 16 heavy (non-hydrogen) atoms. The van der Waals surface area contributed by atoms with Crippen molar-refractivity contribution in [3.63, 3.8) is 0 Å². The third kappa shape index (κ3) is 2.48. The van der Waals surface area contributed by atoms with Gasteiger partial charge < -0.3 is 5.73 Å². The number of nitrogens with zero attached hydrogens (tertiary/aromatic N) is 3. The fourth-order valence-corrected chi connectivity index (χ4v) is 1.62. The molecule has 0 saturated heterocycles. The summed E-state index contributed by atoms with van der Waals surface area (Å²) < 4.78 is 0. The van der Waals surface area contributed by atoms with Gasteiger partial charge in [0, 0.05) is 4.88 Å². The standard InChI is InChI=1S/C11H6N4S/c12-5-8(4-10-2-1-3-16-10)11(15)9(6-13)7-14/h1-4H,15H2/b8-4+. The molecule has 76 valence electrons. The quantitative estimate of drug-likeness (QED) is 0.615. The molecular formula is C11H6N4S. The molecule has 0 atom stereocenters.